The van der Waals surface area contributed by atoms with Crippen molar-refractivity contribution in [3.05, 3.63) is 52.8 Å². The van der Waals surface area contributed by atoms with E-state index >= 15 is 0 Å². The van der Waals surface area contributed by atoms with E-state index in [1.165, 1.54) is 13.0 Å². The van der Waals surface area contributed by atoms with Crippen LogP contribution in [0.3, 0.4) is 0 Å². The van der Waals surface area contributed by atoms with Crippen molar-refractivity contribution in [1.82, 2.24) is 9.97 Å². The number of hydrogen-bond acceptors (Lipinski definition) is 4. The van der Waals surface area contributed by atoms with Crippen LogP contribution in [0.1, 0.15) is 11.1 Å². The number of fused-ring (bicyclic) bond motifs is 1. The van der Waals surface area contributed by atoms with Crippen molar-refractivity contribution in [3.63, 3.8) is 0 Å². The average Bonchev–Trinajstić information content (AvgIpc) is 2.53. The molecule has 0 saturated carbocycles. The molecule has 2 aromatic carbocycles. The summed E-state index contributed by atoms with van der Waals surface area (Å²) >= 11 is 5.78. The van der Waals surface area contributed by atoms with Gasteiger partial charge in [0.05, 0.1) is 21.8 Å². The Morgan fingerprint density at radius 1 is 1.08 bits per heavy atom. The molecule has 3 rings (SSSR count). The molecule has 136 valence electrons. The number of hydrogen-bond donors (Lipinski definition) is 0. The Labute approximate surface area is 150 Å². The zero-order valence-corrected chi connectivity index (χ0v) is 14.5. The standard InChI is InChI=1S/C16H9ClF4N2O2S/c1-8-4-12(16(18,19)20)13(17)6-11(8)15-10-3-2-9(26(21,24)25)5-14(10)22-7-23-15/h2-7H,1H3. The van der Waals surface area contributed by atoms with Crippen LogP contribution in [0, 0.1) is 6.92 Å². The molecule has 3 aromatic rings. The Hall–Kier alpha value is -2.26. The summed E-state index contributed by atoms with van der Waals surface area (Å²) in [5, 5.41) is -0.147. The van der Waals surface area contributed by atoms with Gasteiger partial charge in [-0.1, -0.05) is 11.6 Å². The van der Waals surface area contributed by atoms with Gasteiger partial charge in [0.15, 0.2) is 0 Å². The number of aromatic nitrogens is 2. The third-order valence-corrected chi connectivity index (χ3v) is 4.89. The van der Waals surface area contributed by atoms with Gasteiger partial charge in [0.25, 0.3) is 0 Å². The third-order valence-electron chi connectivity index (χ3n) is 3.76. The van der Waals surface area contributed by atoms with Crippen molar-refractivity contribution >= 4 is 32.7 Å². The van der Waals surface area contributed by atoms with Gasteiger partial charge in [0.1, 0.15) is 11.2 Å². The molecule has 4 nitrogen and oxygen atoms in total. The first-order valence-corrected chi connectivity index (χ1v) is 8.82. The van der Waals surface area contributed by atoms with Gasteiger partial charge in [-0.3, -0.25) is 0 Å². The summed E-state index contributed by atoms with van der Waals surface area (Å²) in [5.74, 6) is 0. The Morgan fingerprint density at radius 2 is 1.77 bits per heavy atom. The molecule has 1 heterocycles. The molecule has 0 atom stereocenters. The molecule has 1 aromatic heterocycles. The van der Waals surface area contributed by atoms with Crippen LogP contribution in [0.25, 0.3) is 22.2 Å². The van der Waals surface area contributed by atoms with E-state index in [-0.39, 0.29) is 16.8 Å². The lowest BCUT2D eigenvalue weighted by Gasteiger charge is -2.14. The van der Waals surface area contributed by atoms with Gasteiger partial charge in [-0.25, -0.2) is 9.97 Å². The molecular weight excluding hydrogens is 396 g/mol. The van der Waals surface area contributed by atoms with Crippen molar-refractivity contribution in [2.75, 3.05) is 0 Å². The molecule has 0 saturated heterocycles. The molecule has 0 radical (unpaired) electrons. The highest BCUT2D eigenvalue weighted by Gasteiger charge is 2.34. The number of aryl methyl sites for hydroxylation is 1. The molecule has 0 N–H and O–H groups in total. The second kappa shape index (κ2) is 6.17. The first-order chi connectivity index (χ1) is 12.0. The highest BCUT2D eigenvalue weighted by Crippen LogP contribution is 2.39. The maximum absolute atomic E-state index is 13.2. The van der Waals surface area contributed by atoms with Gasteiger partial charge in [-0.05, 0) is 42.8 Å². The summed E-state index contributed by atoms with van der Waals surface area (Å²) in [6.07, 6.45) is -3.49. The summed E-state index contributed by atoms with van der Waals surface area (Å²) in [4.78, 5) is 7.39. The Kier molecular flexibility index (Phi) is 4.40. The van der Waals surface area contributed by atoms with Crippen molar-refractivity contribution in [3.8, 4) is 11.3 Å². The summed E-state index contributed by atoms with van der Waals surface area (Å²) in [5.41, 5.74) is 0.00911. The highest BCUT2D eigenvalue weighted by molar-refractivity contribution is 7.86. The van der Waals surface area contributed by atoms with Crippen LogP contribution in [0.15, 0.2) is 41.6 Å². The Bertz CT molecular complexity index is 1130. The molecule has 0 amide bonds. The second-order valence-electron chi connectivity index (χ2n) is 5.48. The third kappa shape index (κ3) is 3.36. The van der Waals surface area contributed by atoms with E-state index in [1.54, 1.807) is 0 Å². The van der Waals surface area contributed by atoms with Gasteiger partial charge in [0, 0.05) is 10.9 Å². The molecule has 26 heavy (non-hydrogen) atoms. The fraction of sp³-hybridized carbons (Fsp3) is 0.125. The molecule has 0 unspecified atom stereocenters. The monoisotopic (exact) mass is 404 g/mol. The number of benzene rings is 2. The van der Waals surface area contributed by atoms with Crippen molar-refractivity contribution < 1.29 is 25.5 Å². The lowest BCUT2D eigenvalue weighted by atomic mass is 9.99. The van der Waals surface area contributed by atoms with Gasteiger partial charge in [0.2, 0.25) is 0 Å². The zero-order valence-electron chi connectivity index (χ0n) is 13.0. The molecule has 0 fully saturated rings. The molecule has 0 aliphatic carbocycles. The summed E-state index contributed by atoms with van der Waals surface area (Å²) < 4.78 is 74.1. The van der Waals surface area contributed by atoms with E-state index in [4.69, 9.17) is 11.6 Å². The van der Waals surface area contributed by atoms with Gasteiger partial charge in [-0.15, -0.1) is 3.89 Å². The molecular formula is C16H9ClF4N2O2S. The van der Waals surface area contributed by atoms with Crippen LogP contribution in [0.4, 0.5) is 17.1 Å². The van der Waals surface area contributed by atoms with E-state index in [1.807, 2.05) is 0 Å². The van der Waals surface area contributed by atoms with Crippen molar-refractivity contribution in [2.45, 2.75) is 18.0 Å². The number of halogens is 5. The zero-order chi connectivity index (χ0) is 19.3. The lowest BCUT2D eigenvalue weighted by Crippen LogP contribution is -2.07. The SMILES string of the molecule is Cc1cc(C(F)(F)F)c(Cl)cc1-c1ncnc2cc(S(=O)(=O)F)ccc12. The summed E-state index contributed by atoms with van der Waals surface area (Å²) in [7, 11) is -4.92. The molecule has 0 aliphatic rings. The van der Waals surface area contributed by atoms with Gasteiger partial charge < -0.3 is 0 Å². The largest absolute Gasteiger partial charge is 0.417 e. The summed E-state index contributed by atoms with van der Waals surface area (Å²) in [6.45, 7) is 1.47. The lowest BCUT2D eigenvalue weighted by molar-refractivity contribution is -0.137. The van der Waals surface area contributed by atoms with Crippen molar-refractivity contribution in [2.24, 2.45) is 0 Å². The Morgan fingerprint density at radius 3 is 2.38 bits per heavy atom. The van der Waals surface area contributed by atoms with Crippen LogP contribution >= 0.6 is 11.6 Å². The smallest absolute Gasteiger partial charge is 0.236 e. The number of nitrogens with zero attached hydrogens (tertiary/aromatic N) is 2. The molecule has 0 aliphatic heterocycles. The normalized spacial score (nSPS) is 12.5. The Balaban J connectivity index is 2.25. The van der Waals surface area contributed by atoms with Gasteiger partial charge >= 0.3 is 16.4 Å². The maximum atomic E-state index is 13.2. The highest BCUT2D eigenvalue weighted by atomic mass is 35.5. The van der Waals surface area contributed by atoms with Crippen LogP contribution < -0.4 is 0 Å². The van der Waals surface area contributed by atoms with Crippen LogP contribution in [0.2, 0.25) is 5.02 Å². The topological polar surface area (TPSA) is 59.9 Å². The quantitative estimate of drug-likeness (QED) is 0.448. The van der Waals surface area contributed by atoms with E-state index in [0.29, 0.717) is 10.9 Å². The fourth-order valence-corrected chi connectivity index (χ4v) is 3.31. The van der Waals surface area contributed by atoms with Crippen LogP contribution in [-0.2, 0) is 16.4 Å². The molecule has 10 heteroatoms. The van der Waals surface area contributed by atoms with Crippen LogP contribution in [0.5, 0.6) is 0 Å². The predicted molar refractivity (Wildman–Crippen MR) is 88.0 cm³/mol. The first kappa shape index (κ1) is 18.5. The molecule has 0 bridgehead atoms. The predicted octanol–water partition coefficient (Wildman–Crippen LogP) is 4.94. The van der Waals surface area contributed by atoms with Crippen molar-refractivity contribution in [1.29, 1.82) is 0 Å². The van der Waals surface area contributed by atoms with Crippen LogP contribution in [-0.4, -0.2) is 18.4 Å². The van der Waals surface area contributed by atoms with Gasteiger partial charge in [-0.2, -0.15) is 21.6 Å². The minimum Gasteiger partial charge on any atom is -0.236 e. The number of alkyl halides is 3. The maximum Gasteiger partial charge on any atom is 0.417 e. The van der Waals surface area contributed by atoms with E-state index < -0.39 is 31.9 Å². The second-order valence-corrected chi connectivity index (χ2v) is 7.24. The summed E-state index contributed by atoms with van der Waals surface area (Å²) in [6, 6.07) is 5.40. The molecule has 0 spiro atoms. The number of rotatable bonds is 2. The first-order valence-electron chi connectivity index (χ1n) is 7.05. The fourth-order valence-electron chi connectivity index (χ4n) is 2.56. The van der Waals surface area contributed by atoms with E-state index in [0.717, 1.165) is 30.6 Å². The average molecular weight is 405 g/mol. The minimum absolute atomic E-state index is 0.129. The minimum atomic E-state index is -4.92. The van der Waals surface area contributed by atoms with E-state index in [9.17, 15) is 25.5 Å². The van der Waals surface area contributed by atoms with E-state index in [2.05, 4.69) is 9.97 Å².